The molecule has 1 aromatic rings. The number of ether oxygens (including phenoxy) is 1. The van der Waals surface area contributed by atoms with Crippen LogP contribution in [0.1, 0.15) is 31.9 Å². The molecule has 0 bridgehead atoms. The summed E-state index contributed by atoms with van der Waals surface area (Å²) in [6, 6.07) is 3.76. The molecule has 0 heterocycles. The van der Waals surface area contributed by atoms with Gasteiger partial charge in [-0.1, -0.05) is 20.8 Å². The Kier molecular flexibility index (Phi) is 7.54. The zero-order valence-electron chi connectivity index (χ0n) is 14.7. The van der Waals surface area contributed by atoms with Gasteiger partial charge in [0, 0.05) is 6.61 Å². The van der Waals surface area contributed by atoms with Crippen molar-refractivity contribution in [1.29, 1.82) is 0 Å². The first kappa shape index (κ1) is 20.4. The predicted octanol–water partition coefficient (Wildman–Crippen LogP) is 3.89. The Balaban J connectivity index is 3.16. The second kappa shape index (κ2) is 8.48. The van der Waals surface area contributed by atoms with Crippen LogP contribution in [0, 0.1) is 9.49 Å². The molecular formula is C17H26IO4Si. The maximum absolute atomic E-state index is 12.1. The number of phenols is 1. The summed E-state index contributed by atoms with van der Waals surface area (Å²) in [7, 11) is 0.543. The van der Waals surface area contributed by atoms with Gasteiger partial charge in [0.25, 0.3) is 0 Å². The fraction of sp³-hybridized carbons (Fsp3) is 0.588. The smallest absolute Gasteiger partial charge is 0.311 e. The molecule has 23 heavy (non-hydrogen) atoms. The first-order valence-electron chi connectivity index (χ1n) is 7.59. The number of halogens is 1. The summed E-state index contributed by atoms with van der Waals surface area (Å²) in [6.07, 6.45) is 0.546. The summed E-state index contributed by atoms with van der Waals surface area (Å²) in [5, 5.41) is 10.0. The Bertz CT molecular complexity index is 552. The summed E-state index contributed by atoms with van der Waals surface area (Å²) in [5.41, 5.74) is 1.98. The summed E-state index contributed by atoms with van der Waals surface area (Å²) in [6.45, 7) is 10.8. The third-order valence-corrected chi connectivity index (χ3v) is 5.16. The van der Waals surface area contributed by atoms with Gasteiger partial charge in [-0.15, -0.1) is 0 Å². The topological polar surface area (TPSA) is 55.8 Å². The number of aromatic hydroxyl groups is 1. The number of methoxy groups -OCH3 is 1. The largest absolute Gasteiger partial charge is 0.507 e. The van der Waals surface area contributed by atoms with Crippen molar-refractivity contribution >= 4 is 37.6 Å². The molecule has 4 nitrogen and oxygen atoms in total. The van der Waals surface area contributed by atoms with Crippen LogP contribution in [-0.4, -0.2) is 33.8 Å². The van der Waals surface area contributed by atoms with Crippen LogP contribution < -0.4 is 0 Å². The molecule has 1 radical (unpaired) electrons. The fourth-order valence-corrected chi connectivity index (χ4v) is 3.45. The van der Waals surface area contributed by atoms with Crippen LogP contribution in [0.2, 0.25) is 13.1 Å². The van der Waals surface area contributed by atoms with Crippen LogP contribution in [-0.2, 0) is 25.8 Å². The molecule has 0 aliphatic rings. The van der Waals surface area contributed by atoms with Crippen LogP contribution >= 0.6 is 22.6 Å². The number of carbonyl (C=O) groups is 1. The summed E-state index contributed by atoms with van der Waals surface area (Å²) in [4.78, 5) is 12.1. The Morgan fingerprint density at radius 3 is 2.43 bits per heavy atom. The number of hydrogen-bond donors (Lipinski definition) is 1. The van der Waals surface area contributed by atoms with E-state index in [0.29, 0.717) is 13.0 Å². The van der Waals surface area contributed by atoms with E-state index in [9.17, 15) is 9.90 Å². The van der Waals surface area contributed by atoms with E-state index in [2.05, 4.69) is 43.4 Å². The zero-order valence-corrected chi connectivity index (χ0v) is 17.9. The molecule has 0 fully saturated rings. The number of rotatable bonds is 6. The van der Waals surface area contributed by atoms with Crippen molar-refractivity contribution in [2.45, 2.75) is 45.7 Å². The normalized spacial score (nSPS) is 13.2. The third kappa shape index (κ3) is 6.08. The quantitative estimate of drug-likeness (QED) is 0.407. The second-order valence-electron chi connectivity index (χ2n) is 6.85. The van der Waals surface area contributed by atoms with E-state index in [1.165, 1.54) is 7.11 Å². The van der Waals surface area contributed by atoms with Crippen molar-refractivity contribution < 1.29 is 19.1 Å². The standard InChI is InChI=1S/C17H26IO4Si/c1-17(2,3)13-9-15(19)14(18)8-11(13)7-12(16(20)21-4)10-22-23(5)6/h8-9,12,19H,7,10H2,1-6H3. The van der Waals surface area contributed by atoms with E-state index >= 15 is 0 Å². The highest BCUT2D eigenvalue weighted by Crippen LogP contribution is 2.33. The Hall–Kier alpha value is -0.603. The van der Waals surface area contributed by atoms with Crippen LogP contribution in [0.15, 0.2) is 12.1 Å². The molecule has 0 aliphatic heterocycles. The molecule has 1 unspecified atom stereocenters. The maximum atomic E-state index is 12.1. The molecule has 129 valence electrons. The van der Waals surface area contributed by atoms with Gasteiger partial charge in [-0.3, -0.25) is 4.79 Å². The summed E-state index contributed by atoms with van der Waals surface area (Å²) >= 11 is 2.11. The van der Waals surface area contributed by atoms with E-state index in [0.717, 1.165) is 14.7 Å². The highest BCUT2D eigenvalue weighted by molar-refractivity contribution is 14.1. The summed E-state index contributed by atoms with van der Waals surface area (Å²) < 4.78 is 11.4. The molecule has 0 spiro atoms. The number of carbonyl (C=O) groups excluding carboxylic acids is 1. The molecule has 0 saturated heterocycles. The summed E-state index contributed by atoms with van der Waals surface area (Å²) in [5.74, 6) is -0.310. The average molecular weight is 449 g/mol. The van der Waals surface area contributed by atoms with Crippen molar-refractivity contribution in [1.82, 2.24) is 0 Å². The Morgan fingerprint density at radius 1 is 1.35 bits per heavy atom. The molecule has 1 N–H and O–H groups in total. The number of benzene rings is 1. The van der Waals surface area contributed by atoms with Crippen LogP contribution in [0.3, 0.4) is 0 Å². The van der Waals surface area contributed by atoms with Gasteiger partial charge in [0.1, 0.15) is 5.75 Å². The molecule has 0 amide bonds. The minimum absolute atomic E-state index is 0.122. The van der Waals surface area contributed by atoms with Crippen LogP contribution in [0.5, 0.6) is 5.75 Å². The van der Waals surface area contributed by atoms with Gasteiger partial charge in [0.05, 0.1) is 16.6 Å². The monoisotopic (exact) mass is 449 g/mol. The number of phenolic OH excluding ortho intramolecular Hbond substituents is 1. The van der Waals surface area contributed by atoms with E-state index < -0.39 is 9.04 Å². The van der Waals surface area contributed by atoms with Crippen molar-refractivity contribution in [2.24, 2.45) is 5.92 Å². The van der Waals surface area contributed by atoms with Crippen molar-refractivity contribution in [2.75, 3.05) is 13.7 Å². The van der Waals surface area contributed by atoms with Gasteiger partial charge in [-0.05, 0) is 70.8 Å². The van der Waals surface area contributed by atoms with Crippen LogP contribution in [0.25, 0.3) is 0 Å². The van der Waals surface area contributed by atoms with E-state index in [4.69, 9.17) is 9.16 Å². The molecule has 0 aromatic heterocycles. The van der Waals surface area contributed by atoms with Crippen molar-refractivity contribution in [3.63, 3.8) is 0 Å². The van der Waals surface area contributed by atoms with E-state index in [1.807, 2.05) is 19.2 Å². The van der Waals surface area contributed by atoms with Crippen LogP contribution in [0.4, 0.5) is 0 Å². The lowest BCUT2D eigenvalue weighted by Crippen LogP contribution is -2.28. The molecule has 1 atom stereocenters. The highest BCUT2D eigenvalue weighted by atomic mass is 127. The van der Waals surface area contributed by atoms with Gasteiger partial charge in [0.2, 0.25) is 9.04 Å². The molecule has 6 heteroatoms. The fourth-order valence-electron chi connectivity index (χ4n) is 2.38. The van der Waals surface area contributed by atoms with Gasteiger partial charge >= 0.3 is 5.97 Å². The molecule has 1 aromatic carbocycles. The lowest BCUT2D eigenvalue weighted by Gasteiger charge is -2.26. The van der Waals surface area contributed by atoms with Crippen molar-refractivity contribution in [3.8, 4) is 5.75 Å². The lowest BCUT2D eigenvalue weighted by molar-refractivity contribution is -0.146. The lowest BCUT2D eigenvalue weighted by atomic mass is 9.81. The van der Waals surface area contributed by atoms with Gasteiger partial charge in [-0.25, -0.2) is 0 Å². The zero-order chi connectivity index (χ0) is 17.8. The first-order chi connectivity index (χ1) is 10.6. The van der Waals surface area contributed by atoms with E-state index in [-0.39, 0.29) is 23.1 Å². The SMILES string of the molecule is COC(=O)C(CO[Si](C)C)Cc1cc(I)c(O)cc1C(C)(C)C. The molecule has 0 saturated carbocycles. The van der Waals surface area contributed by atoms with Gasteiger partial charge < -0.3 is 14.3 Å². The average Bonchev–Trinajstić information content (AvgIpc) is 2.44. The predicted molar refractivity (Wildman–Crippen MR) is 102 cm³/mol. The third-order valence-electron chi connectivity index (χ3n) is 3.55. The Morgan fingerprint density at radius 2 is 1.96 bits per heavy atom. The number of esters is 1. The minimum Gasteiger partial charge on any atom is -0.507 e. The molecule has 1 rings (SSSR count). The van der Waals surface area contributed by atoms with Gasteiger partial charge in [-0.2, -0.15) is 0 Å². The van der Waals surface area contributed by atoms with Crippen molar-refractivity contribution in [3.05, 3.63) is 26.8 Å². The minimum atomic E-state index is -0.864. The van der Waals surface area contributed by atoms with Gasteiger partial charge in [0.15, 0.2) is 0 Å². The molecule has 0 aliphatic carbocycles. The maximum Gasteiger partial charge on any atom is 0.311 e. The first-order valence-corrected chi connectivity index (χ1v) is 11.1. The molecular weight excluding hydrogens is 423 g/mol. The highest BCUT2D eigenvalue weighted by Gasteiger charge is 2.26. The second-order valence-corrected chi connectivity index (χ2v) is 10.1. The van der Waals surface area contributed by atoms with E-state index in [1.54, 1.807) is 6.07 Å². The Labute approximate surface area is 154 Å². The number of hydrogen-bond acceptors (Lipinski definition) is 4.